The molecule has 1 N–H and O–H groups in total. The molecule has 1 aromatic heterocycles. The van der Waals surface area contributed by atoms with Crippen LogP contribution in [-0.2, 0) is 6.61 Å². The lowest BCUT2D eigenvalue weighted by Crippen LogP contribution is -2.16. The summed E-state index contributed by atoms with van der Waals surface area (Å²) in [5.41, 5.74) is 4.78. The van der Waals surface area contributed by atoms with Crippen molar-refractivity contribution in [1.29, 1.82) is 0 Å². The van der Waals surface area contributed by atoms with Crippen molar-refractivity contribution in [3.8, 4) is 11.5 Å². The number of hydrazone groups is 1. The Morgan fingerprint density at radius 3 is 2.52 bits per heavy atom. The van der Waals surface area contributed by atoms with Crippen molar-refractivity contribution < 1.29 is 18.7 Å². The van der Waals surface area contributed by atoms with Gasteiger partial charge in [0.1, 0.15) is 23.7 Å². The predicted octanol–water partition coefficient (Wildman–Crippen LogP) is 6.48. The second-order valence-corrected chi connectivity index (χ2v) is 7.86. The maximum absolute atomic E-state index is 12.3. The molecule has 3 aromatic carbocycles. The van der Waals surface area contributed by atoms with Crippen LogP contribution < -0.4 is 14.9 Å². The van der Waals surface area contributed by atoms with Crippen molar-refractivity contribution in [2.75, 3.05) is 6.61 Å². The second kappa shape index (κ2) is 10.4. The largest absolute Gasteiger partial charge is 0.494 e. The van der Waals surface area contributed by atoms with Gasteiger partial charge in [-0.2, -0.15) is 5.10 Å². The Labute approximate surface area is 200 Å². The molecule has 0 fully saturated rings. The molecule has 1 amide bonds. The zero-order chi connectivity index (χ0) is 23.2. The van der Waals surface area contributed by atoms with Crippen LogP contribution in [0, 0.1) is 0 Å². The summed E-state index contributed by atoms with van der Waals surface area (Å²) in [7, 11) is 0. The van der Waals surface area contributed by atoms with Crippen LogP contribution in [0.5, 0.6) is 11.5 Å². The molecule has 0 saturated heterocycles. The number of hydrogen-bond acceptors (Lipinski definition) is 5. The van der Waals surface area contributed by atoms with Gasteiger partial charge in [-0.15, -0.1) is 0 Å². The van der Waals surface area contributed by atoms with Crippen LogP contribution in [0.3, 0.4) is 0 Å². The van der Waals surface area contributed by atoms with Crippen molar-refractivity contribution in [3.63, 3.8) is 0 Å². The van der Waals surface area contributed by atoms with Crippen molar-refractivity contribution in [2.45, 2.75) is 13.5 Å². The van der Waals surface area contributed by atoms with E-state index in [0.29, 0.717) is 34.6 Å². The average Bonchev–Trinajstić information content (AvgIpc) is 3.24. The molecular weight excluding hydrogens is 463 g/mol. The number of carbonyl (C=O) groups excluding carboxylic acids is 1. The van der Waals surface area contributed by atoms with E-state index in [0.717, 1.165) is 22.3 Å². The summed E-state index contributed by atoms with van der Waals surface area (Å²) in [6.07, 6.45) is 1.54. The first-order valence-corrected chi connectivity index (χ1v) is 10.9. The lowest BCUT2D eigenvalue weighted by atomic mass is 10.2. The number of halogens is 2. The molecule has 4 rings (SSSR count). The smallest absolute Gasteiger partial charge is 0.307 e. The first-order chi connectivity index (χ1) is 16.0. The topological polar surface area (TPSA) is 73.1 Å². The third-order valence-corrected chi connectivity index (χ3v) is 5.41. The summed E-state index contributed by atoms with van der Waals surface area (Å²) in [5.74, 6) is 1.14. The van der Waals surface area contributed by atoms with Crippen LogP contribution in [0.4, 0.5) is 0 Å². The van der Waals surface area contributed by atoms with Crippen molar-refractivity contribution in [2.24, 2.45) is 5.10 Å². The lowest BCUT2D eigenvalue weighted by molar-refractivity contribution is 0.0929. The van der Waals surface area contributed by atoms with E-state index >= 15 is 0 Å². The lowest BCUT2D eigenvalue weighted by Gasteiger charge is -2.07. The molecule has 33 heavy (non-hydrogen) atoms. The molecule has 0 aliphatic heterocycles. The molecule has 0 radical (unpaired) electrons. The number of furan rings is 1. The van der Waals surface area contributed by atoms with Gasteiger partial charge >= 0.3 is 5.91 Å². The third-order valence-electron chi connectivity index (χ3n) is 4.67. The quantitative estimate of drug-likeness (QED) is 0.230. The number of amides is 1. The van der Waals surface area contributed by atoms with Gasteiger partial charge in [0.15, 0.2) is 5.76 Å². The highest BCUT2D eigenvalue weighted by Crippen LogP contribution is 2.25. The summed E-state index contributed by atoms with van der Waals surface area (Å²) < 4.78 is 16.8. The van der Waals surface area contributed by atoms with E-state index in [2.05, 4.69) is 10.5 Å². The minimum absolute atomic E-state index is 0.168. The Bertz CT molecular complexity index is 1300. The van der Waals surface area contributed by atoms with Crippen LogP contribution >= 0.6 is 23.2 Å². The highest BCUT2D eigenvalue weighted by atomic mass is 35.5. The number of nitrogens with zero attached hydrogens (tertiary/aromatic N) is 1. The van der Waals surface area contributed by atoms with Crippen LogP contribution in [0.2, 0.25) is 10.0 Å². The van der Waals surface area contributed by atoms with Gasteiger partial charge in [-0.05, 0) is 78.7 Å². The Balaban J connectivity index is 1.32. The van der Waals surface area contributed by atoms with Gasteiger partial charge in [-0.1, -0.05) is 29.3 Å². The van der Waals surface area contributed by atoms with Crippen LogP contribution in [0.25, 0.3) is 11.0 Å². The molecule has 4 aromatic rings. The number of hydrogen-bond donors (Lipinski definition) is 1. The Morgan fingerprint density at radius 2 is 1.76 bits per heavy atom. The molecule has 168 valence electrons. The molecule has 0 aliphatic carbocycles. The molecular formula is C25H20Cl2N2O4. The third kappa shape index (κ3) is 5.86. The van der Waals surface area contributed by atoms with Crippen molar-refractivity contribution in [3.05, 3.63) is 93.7 Å². The summed E-state index contributed by atoms with van der Waals surface area (Å²) >= 11 is 11.9. The van der Waals surface area contributed by atoms with Gasteiger partial charge < -0.3 is 13.9 Å². The van der Waals surface area contributed by atoms with E-state index < -0.39 is 5.91 Å². The molecule has 0 unspecified atom stereocenters. The predicted molar refractivity (Wildman–Crippen MR) is 130 cm³/mol. The second-order valence-electron chi connectivity index (χ2n) is 7.05. The zero-order valence-electron chi connectivity index (χ0n) is 17.7. The number of benzene rings is 3. The normalized spacial score (nSPS) is 11.1. The maximum Gasteiger partial charge on any atom is 0.307 e. The Morgan fingerprint density at radius 1 is 0.970 bits per heavy atom. The molecule has 0 aliphatic rings. The van der Waals surface area contributed by atoms with Crippen molar-refractivity contribution in [1.82, 2.24) is 5.43 Å². The van der Waals surface area contributed by atoms with Gasteiger partial charge in [-0.25, -0.2) is 5.43 Å². The number of nitrogens with one attached hydrogen (secondary N) is 1. The van der Waals surface area contributed by atoms with Crippen LogP contribution in [-0.4, -0.2) is 18.7 Å². The first kappa shape index (κ1) is 22.7. The van der Waals surface area contributed by atoms with Crippen LogP contribution in [0.1, 0.15) is 28.6 Å². The number of rotatable bonds is 8. The van der Waals surface area contributed by atoms with Gasteiger partial charge in [0.05, 0.1) is 22.9 Å². The zero-order valence-corrected chi connectivity index (χ0v) is 19.2. The first-order valence-electron chi connectivity index (χ1n) is 10.2. The van der Waals surface area contributed by atoms with Gasteiger partial charge in [0, 0.05) is 5.39 Å². The Kier molecular flexibility index (Phi) is 7.17. The molecule has 0 bridgehead atoms. The fourth-order valence-corrected chi connectivity index (χ4v) is 3.38. The van der Waals surface area contributed by atoms with Crippen molar-refractivity contribution >= 4 is 46.3 Å². The number of fused-ring (bicyclic) bond motifs is 1. The summed E-state index contributed by atoms with van der Waals surface area (Å²) in [5, 5.41) is 5.78. The fraction of sp³-hybridized carbons (Fsp3) is 0.120. The number of ether oxygens (including phenoxy) is 2. The molecule has 0 spiro atoms. The van der Waals surface area contributed by atoms with E-state index in [9.17, 15) is 4.79 Å². The molecule has 0 atom stereocenters. The van der Waals surface area contributed by atoms with Gasteiger partial charge in [0.25, 0.3) is 0 Å². The van der Waals surface area contributed by atoms with Crippen LogP contribution in [0.15, 0.2) is 76.2 Å². The van der Waals surface area contributed by atoms with Gasteiger partial charge in [-0.3, -0.25) is 4.79 Å². The number of carbonyl (C=O) groups is 1. The van der Waals surface area contributed by atoms with Gasteiger partial charge in [0.2, 0.25) is 0 Å². The van der Waals surface area contributed by atoms with E-state index in [-0.39, 0.29) is 5.76 Å². The molecule has 6 nitrogen and oxygen atoms in total. The standard InChI is InChI=1S/C25H20Cl2N2O4/c1-2-31-20-8-10-23-18(12-20)13-24(33-23)25(30)29-28-14-16-3-6-19(7-4-16)32-15-17-5-9-21(26)22(27)11-17/h3-14H,2,15H2,1H3,(H,29,30)/b28-14+. The highest BCUT2D eigenvalue weighted by Gasteiger charge is 2.12. The van der Waals surface area contributed by atoms with E-state index in [4.69, 9.17) is 37.1 Å². The maximum atomic E-state index is 12.3. The fourth-order valence-electron chi connectivity index (χ4n) is 3.06. The SMILES string of the molecule is CCOc1ccc2oc(C(=O)N/N=C/c3ccc(OCc4ccc(Cl)c(Cl)c4)cc3)cc2c1. The minimum atomic E-state index is -0.443. The van der Waals surface area contributed by atoms with E-state index in [1.807, 2.05) is 43.3 Å². The summed E-state index contributed by atoms with van der Waals surface area (Å²) in [6.45, 7) is 2.84. The average molecular weight is 483 g/mol. The highest BCUT2D eigenvalue weighted by molar-refractivity contribution is 6.42. The summed E-state index contributed by atoms with van der Waals surface area (Å²) in [4.78, 5) is 12.3. The van der Waals surface area contributed by atoms with E-state index in [1.54, 1.807) is 30.3 Å². The summed E-state index contributed by atoms with van der Waals surface area (Å²) in [6, 6.07) is 19.7. The minimum Gasteiger partial charge on any atom is -0.494 e. The molecule has 1 heterocycles. The van der Waals surface area contributed by atoms with E-state index in [1.165, 1.54) is 6.21 Å². The monoisotopic (exact) mass is 482 g/mol. The molecule has 8 heteroatoms. The Hall–Kier alpha value is -3.48. The molecule has 0 saturated carbocycles.